The van der Waals surface area contributed by atoms with Crippen molar-refractivity contribution in [1.29, 1.82) is 5.26 Å². The number of nitrogens with zero attached hydrogens (tertiary/aromatic N) is 1. The molecule has 1 atom stereocenters. The van der Waals surface area contributed by atoms with Crippen molar-refractivity contribution in [3.63, 3.8) is 0 Å². The molecule has 1 aromatic rings. The summed E-state index contributed by atoms with van der Waals surface area (Å²) in [7, 11) is 1.81. The van der Waals surface area contributed by atoms with Crippen molar-refractivity contribution < 1.29 is 4.74 Å². The van der Waals surface area contributed by atoms with Crippen molar-refractivity contribution in [2.75, 3.05) is 13.7 Å². The van der Waals surface area contributed by atoms with Crippen LogP contribution in [0.2, 0.25) is 0 Å². The molecule has 1 unspecified atom stereocenters. The fraction of sp³-hybridized carbons (Fsp3) is 0.533. The second-order valence-corrected chi connectivity index (χ2v) is 4.91. The molecule has 98 valence electrons. The van der Waals surface area contributed by atoms with Crippen molar-refractivity contribution in [3.8, 4) is 11.8 Å². The fourth-order valence-electron chi connectivity index (χ4n) is 1.71. The fourth-order valence-corrected chi connectivity index (χ4v) is 1.71. The van der Waals surface area contributed by atoms with Crippen LogP contribution in [0.3, 0.4) is 0 Å². The lowest BCUT2D eigenvalue weighted by Gasteiger charge is -2.20. The molecule has 3 heteroatoms. The van der Waals surface area contributed by atoms with E-state index < -0.39 is 5.54 Å². The van der Waals surface area contributed by atoms with E-state index in [0.29, 0.717) is 6.61 Å². The Balaban J connectivity index is 2.43. The molecule has 0 aliphatic rings. The van der Waals surface area contributed by atoms with E-state index in [-0.39, 0.29) is 0 Å². The summed E-state index contributed by atoms with van der Waals surface area (Å²) >= 11 is 0. The number of aryl methyl sites for hydroxylation is 2. The smallest absolute Gasteiger partial charge is 0.122 e. The third-order valence-electron chi connectivity index (χ3n) is 3.22. The van der Waals surface area contributed by atoms with Gasteiger partial charge in [0.1, 0.15) is 11.3 Å². The van der Waals surface area contributed by atoms with Crippen LogP contribution in [0.5, 0.6) is 5.75 Å². The SMILES string of the molecule is CNC(C)(C#N)CCCOc1cc(C)ccc1C. The van der Waals surface area contributed by atoms with Gasteiger partial charge in [0.2, 0.25) is 0 Å². The zero-order chi connectivity index (χ0) is 13.6. The van der Waals surface area contributed by atoms with Gasteiger partial charge >= 0.3 is 0 Å². The number of hydrogen-bond donors (Lipinski definition) is 1. The third kappa shape index (κ3) is 4.05. The molecule has 0 amide bonds. The average molecular weight is 246 g/mol. The van der Waals surface area contributed by atoms with Crippen molar-refractivity contribution in [3.05, 3.63) is 29.3 Å². The topological polar surface area (TPSA) is 45.0 Å². The first kappa shape index (κ1) is 14.5. The molecule has 18 heavy (non-hydrogen) atoms. The van der Waals surface area contributed by atoms with E-state index in [2.05, 4.69) is 36.5 Å². The van der Waals surface area contributed by atoms with Gasteiger partial charge in [0.15, 0.2) is 0 Å². The molecule has 0 aliphatic carbocycles. The highest BCUT2D eigenvalue weighted by Gasteiger charge is 2.20. The summed E-state index contributed by atoms with van der Waals surface area (Å²) < 4.78 is 5.76. The van der Waals surface area contributed by atoms with Crippen molar-refractivity contribution in [2.24, 2.45) is 0 Å². The Labute approximate surface area is 110 Å². The molecule has 0 saturated heterocycles. The monoisotopic (exact) mass is 246 g/mol. The Morgan fingerprint density at radius 1 is 1.39 bits per heavy atom. The predicted octanol–water partition coefficient (Wildman–Crippen LogP) is 2.96. The van der Waals surface area contributed by atoms with E-state index in [9.17, 15) is 0 Å². The summed E-state index contributed by atoms with van der Waals surface area (Å²) in [6.45, 7) is 6.65. The maximum Gasteiger partial charge on any atom is 0.122 e. The molecular formula is C15H22N2O. The van der Waals surface area contributed by atoms with Crippen LogP contribution in [0.1, 0.15) is 30.9 Å². The first-order valence-corrected chi connectivity index (χ1v) is 6.31. The maximum atomic E-state index is 9.03. The van der Waals surface area contributed by atoms with Crippen LogP contribution in [-0.4, -0.2) is 19.2 Å². The number of nitrogens with one attached hydrogen (secondary N) is 1. The summed E-state index contributed by atoms with van der Waals surface area (Å²) in [4.78, 5) is 0. The summed E-state index contributed by atoms with van der Waals surface area (Å²) in [5.74, 6) is 0.943. The van der Waals surface area contributed by atoms with Crippen LogP contribution >= 0.6 is 0 Å². The molecule has 0 aromatic heterocycles. The molecule has 0 saturated carbocycles. The second-order valence-electron chi connectivity index (χ2n) is 4.91. The molecule has 0 bridgehead atoms. The molecule has 0 aliphatic heterocycles. The average Bonchev–Trinajstić information content (AvgIpc) is 2.38. The van der Waals surface area contributed by atoms with Gasteiger partial charge in [-0.15, -0.1) is 0 Å². The Kier molecular flexibility index (Phi) is 5.18. The van der Waals surface area contributed by atoms with Crippen molar-refractivity contribution in [1.82, 2.24) is 5.32 Å². The molecule has 1 rings (SSSR count). The number of benzene rings is 1. The van der Waals surface area contributed by atoms with Gasteiger partial charge in [-0.1, -0.05) is 12.1 Å². The highest BCUT2D eigenvalue weighted by molar-refractivity contribution is 5.35. The molecular weight excluding hydrogens is 224 g/mol. The molecule has 1 N–H and O–H groups in total. The summed E-state index contributed by atoms with van der Waals surface area (Å²) in [6, 6.07) is 8.48. The molecule has 0 fully saturated rings. The number of hydrogen-bond acceptors (Lipinski definition) is 3. The van der Waals surface area contributed by atoms with Gasteiger partial charge in [-0.2, -0.15) is 5.26 Å². The van der Waals surface area contributed by atoms with E-state index in [1.54, 1.807) is 0 Å². The Hall–Kier alpha value is -1.53. The lowest BCUT2D eigenvalue weighted by Crippen LogP contribution is -2.38. The van der Waals surface area contributed by atoms with Crippen molar-refractivity contribution >= 4 is 0 Å². The number of ether oxygens (including phenoxy) is 1. The molecule has 3 nitrogen and oxygen atoms in total. The van der Waals surface area contributed by atoms with Gasteiger partial charge in [-0.3, -0.25) is 0 Å². The second kappa shape index (κ2) is 6.42. The van der Waals surface area contributed by atoms with Crippen LogP contribution in [0.25, 0.3) is 0 Å². The minimum Gasteiger partial charge on any atom is -0.493 e. The molecule has 0 radical (unpaired) electrons. The van der Waals surface area contributed by atoms with Crippen LogP contribution in [0.4, 0.5) is 0 Å². The normalized spacial score (nSPS) is 13.7. The zero-order valence-corrected chi connectivity index (χ0v) is 11.7. The van der Waals surface area contributed by atoms with E-state index >= 15 is 0 Å². The van der Waals surface area contributed by atoms with Crippen LogP contribution in [-0.2, 0) is 0 Å². The minimum absolute atomic E-state index is 0.453. The van der Waals surface area contributed by atoms with E-state index in [1.807, 2.05) is 20.9 Å². The van der Waals surface area contributed by atoms with Gasteiger partial charge in [-0.05, 0) is 57.9 Å². The predicted molar refractivity (Wildman–Crippen MR) is 73.7 cm³/mol. The van der Waals surface area contributed by atoms with Gasteiger partial charge in [0.05, 0.1) is 12.7 Å². The highest BCUT2D eigenvalue weighted by atomic mass is 16.5. The zero-order valence-electron chi connectivity index (χ0n) is 11.7. The van der Waals surface area contributed by atoms with E-state index in [4.69, 9.17) is 10.00 Å². The maximum absolute atomic E-state index is 9.03. The number of rotatable bonds is 6. The lowest BCUT2D eigenvalue weighted by atomic mass is 9.98. The largest absolute Gasteiger partial charge is 0.493 e. The molecule has 0 heterocycles. The van der Waals surface area contributed by atoms with Crippen LogP contribution in [0.15, 0.2) is 18.2 Å². The van der Waals surface area contributed by atoms with Gasteiger partial charge < -0.3 is 10.1 Å². The van der Waals surface area contributed by atoms with Gasteiger partial charge in [0.25, 0.3) is 0 Å². The first-order chi connectivity index (χ1) is 8.50. The van der Waals surface area contributed by atoms with E-state index in [1.165, 1.54) is 5.56 Å². The third-order valence-corrected chi connectivity index (χ3v) is 3.22. The Morgan fingerprint density at radius 3 is 2.72 bits per heavy atom. The van der Waals surface area contributed by atoms with Crippen LogP contribution < -0.4 is 10.1 Å². The molecule has 1 aromatic carbocycles. The lowest BCUT2D eigenvalue weighted by molar-refractivity contribution is 0.287. The Morgan fingerprint density at radius 2 is 2.11 bits per heavy atom. The number of nitriles is 1. The standard InChI is InChI=1S/C15H22N2O/c1-12-6-7-13(2)14(10-12)18-9-5-8-15(3,11-16)17-4/h6-7,10,17H,5,8-9H2,1-4H3. The van der Waals surface area contributed by atoms with E-state index in [0.717, 1.165) is 24.2 Å². The van der Waals surface area contributed by atoms with Gasteiger partial charge in [-0.25, -0.2) is 0 Å². The summed E-state index contributed by atoms with van der Waals surface area (Å²) in [5.41, 5.74) is 1.90. The summed E-state index contributed by atoms with van der Waals surface area (Å²) in [5, 5.41) is 12.1. The van der Waals surface area contributed by atoms with Crippen LogP contribution in [0, 0.1) is 25.2 Å². The minimum atomic E-state index is -0.453. The van der Waals surface area contributed by atoms with Crippen molar-refractivity contribution in [2.45, 2.75) is 39.2 Å². The highest BCUT2D eigenvalue weighted by Crippen LogP contribution is 2.20. The Bertz CT molecular complexity index is 437. The quantitative estimate of drug-likeness (QED) is 0.785. The first-order valence-electron chi connectivity index (χ1n) is 6.31. The molecule has 0 spiro atoms. The van der Waals surface area contributed by atoms with Gasteiger partial charge in [0, 0.05) is 0 Å². The summed E-state index contributed by atoms with van der Waals surface area (Å²) in [6.07, 6.45) is 1.64.